The summed E-state index contributed by atoms with van der Waals surface area (Å²) in [5.41, 5.74) is 7.56. The van der Waals surface area contributed by atoms with Gasteiger partial charge in [-0.25, -0.2) is 0 Å². The standard InChI is InChI=1S/C16H20N4O/c1-2-10-21-16-5-3-4-15-14(16)6-7-19(15)8-9-20-12-13(17)11-18-20/h3-7,11-12H,2,8-10,17H2,1H3. The number of fused-ring (bicyclic) bond motifs is 1. The fraction of sp³-hybridized carbons (Fsp3) is 0.312. The first kappa shape index (κ1) is 13.5. The van der Waals surface area contributed by atoms with Gasteiger partial charge in [-0.05, 0) is 24.6 Å². The summed E-state index contributed by atoms with van der Waals surface area (Å²) in [6.07, 6.45) is 6.63. The van der Waals surface area contributed by atoms with Crippen molar-refractivity contribution in [3.8, 4) is 5.75 Å². The Bertz CT molecular complexity index is 729. The lowest BCUT2D eigenvalue weighted by molar-refractivity contribution is 0.321. The summed E-state index contributed by atoms with van der Waals surface area (Å²) < 4.78 is 9.87. The molecule has 0 saturated heterocycles. The van der Waals surface area contributed by atoms with E-state index in [0.717, 1.165) is 37.3 Å². The third-order valence-corrected chi connectivity index (χ3v) is 3.46. The van der Waals surface area contributed by atoms with Crippen LogP contribution in [0, 0.1) is 0 Å². The molecule has 0 aliphatic carbocycles. The van der Waals surface area contributed by atoms with Crippen LogP contribution in [0.4, 0.5) is 5.69 Å². The third-order valence-electron chi connectivity index (χ3n) is 3.46. The van der Waals surface area contributed by atoms with Crippen LogP contribution in [-0.2, 0) is 13.1 Å². The molecule has 0 amide bonds. The van der Waals surface area contributed by atoms with E-state index in [1.807, 2.05) is 23.0 Å². The van der Waals surface area contributed by atoms with Gasteiger partial charge in [0.2, 0.25) is 0 Å². The fourth-order valence-corrected chi connectivity index (χ4v) is 2.44. The molecule has 2 heterocycles. The van der Waals surface area contributed by atoms with E-state index in [9.17, 15) is 0 Å². The van der Waals surface area contributed by atoms with Crippen molar-refractivity contribution < 1.29 is 4.74 Å². The number of benzene rings is 1. The van der Waals surface area contributed by atoms with Crippen LogP contribution in [0.3, 0.4) is 0 Å². The van der Waals surface area contributed by atoms with Gasteiger partial charge < -0.3 is 15.0 Å². The van der Waals surface area contributed by atoms with E-state index in [0.29, 0.717) is 5.69 Å². The fourth-order valence-electron chi connectivity index (χ4n) is 2.44. The van der Waals surface area contributed by atoms with Crippen LogP contribution >= 0.6 is 0 Å². The van der Waals surface area contributed by atoms with Crippen molar-refractivity contribution in [3.63, 3.8) is 0 Å². The molecule has 0 fully saturated rings. The first-order valence-electron chi connectivity index (χ1n) is 7.26. The number of anilines is 1. The van der Waals surface area contributed by atoms with Crippen molar-refractivity contribution in [3.05, 3.63) is 42.9 Å². The molecule has 0 unspecified atom stereocenters. The van der Waals surface area contributed by atoms with Crippen LogP contribution in [-0.4, -0.2) is 21.0 Å². The van der Waals surface area contributed by atoms with E-state index in [2.05, 4.69) is 34.9 Å². The van der Waals surface area contributed by atoms with Gasteiger partial charge in [0.05, 0.1) is 30.6 Å². The van der Waals surface area contributed by atoms with Crippen LogP contribution in [0.2, 0.25) is 0 Å². The van der Waals surface area contributed by atoms with E-state index >= 15 is 0 Å². The lowest BCUT2D eigenvalue weighted by Crippen LogP contribution is -2.06. The van der Waals surface area contributed by atoms with E-state index in [1.165, 1.54) is 5.52 Å². The van der Waals surface area contributed by atoms with Gasteiger partial charge in [-0.1, -0.05) is 13.0 Å². The summed E-state index contributed by atoms with van der Waals surface area (Å²) >= 11 is 0. The zero-order valence-electron chi connectivity index (χ0n) is 12.2. The second kappa shape index (κ2) is 5.91. The Kier molecular flexibility index (Phi) is 3.81. The Morgan fingerprint density at radius 3 is 2.90 bits per heavy atom. The Morgan fingerprint density at radius 1 is 1.24 bits per heavy atom. The minimum Gasteiger partial charge on any atom is -0.493 e. The van der Waals surface area contributed by atoms with Crippen molar-refractivity contribution in [1.29, 1.82) is 0 Å². The molecular formula is C16H20N4O. The quantitative estimate of drug-likeness (QED) is 0.757. The Balaban J connectivity index is 1.79. The molecule has 1 aromatic carbocycles. The predicted molar refractivity (Wildman–Crippen MR) is 84.4 cm³/mol. The number of aromatic nitrogens is 3. The minimum absolute atomic E-state index is 0.697. The number of nitrogen functional groups attached to an aromatic ring is 1. The van der Waals surface area contributed by atoms with Gasteiger partial charge in [0.1, 0.15) is 5.75 Å². The number of hydrogen-bond acceptors (Lipinski definition) is 3. The molecule has 0 saturated carbocycles. The molecule has 0 atom stereocenters. The smallest absolute Gasteiger partial charge is 0.128 e. The second-order valence-corrected chi connectivity index (χ2v) is 5.08. The summed E-state index contributed by atoms with van der Waals surface area (Å²) in [6, 6.07) is 8.29. The highest BCUT2D eigenvalue weighted by Crippen LogP contribution is 2.26. The molecule has 0 aliphatic rings. The summed E-state index contributed by atoms with van der Waals surface area (Å²) in [6.45, 7) is 4.50. The van der Waals surface area contributed by atoms with Crippen LogP contribution in [0.15, 0.2) is 42.9 Å². The Hall–Kier alpha value is -2.43. The van der Waals surface area contributed by atoms with Crippen molar-refractivity contribution in [2.24, 2.45) is 0 Å². The summed E-state index contributed by atoms with van der Waals surface area (Å²) in [7, 11) is 0. The maximum Gasteiger partial charge on any atom is 0.128 e. The predicted octanol–water partition coefficient (Wildman–Crippen LogP) is 2.91. The molecule has 3 rings (SSSR count). The van der Waals surface area contributed by atoms with E-state index in [1.54, 1.807) is 6.20 Å². The largest absolute Gasteiger partial charge is 0.493 e. The van der Waals surface area contributed by atoms with E-state index in [-0.39, 0.29) is 0 Å². The highest BCUT2D eigenvalue weighted by molar-refractivity contribution is 5.86. The highest BCUT2D eigenvalue weighted by atomic mass is 16.5. The van der Waals surface area contributed by atoms with Gasteiger partial charge in [0, 0.05) is 24.3 Å². The molecule has 2 aromatic heterocycles. The summed E-state index contributed by atoms with van der Waals surface area (Å²) in [5.74, 6) is 0.955. The van der Waals surface area contributed by atoms with Crippen LogP contribution < -0.4 is 10.5 Å². The van der Waals surface area contributed by atoms with Gasteiger partial charge >= 0.3 is 0 Å². The number of ether oxygens (including phenoxy) is 1. The van der Waals surface area contributed by atoms with Crippen LogP contribution in [0.1, 0.15) is 13.3 Å². The molecule has 0 bridgehead atoms. The van der Waals surface area contributed by atoms with E-state index < -0.39 is 0 Å². The average Bonchev–Trinajstić information content (AvgIpc) is 3.09. The maximum absolute atomic E-state index is 5.80. The molecule has 0 aliphatic heterocycles. The molecule has 110 valence electrons. The average molecular weight is 284 g/mol. The third kappa shape index (κ3) is 2.86. The van der Waals surface area contributed by atoms with Gasteiger partial charge in [0.25, 0.3) is 0 Å². The molecule has 21 heavy (non-hydrogen) atoms. The number of nitrogens with zero attached hydrogens (tertiary/aromatic N) is 3. The van der Waals surface area contributed by atoms with Gasteiger partial charge in [-0.2, -0.15) is 5.10 Å². The van der Waals surface area contributed by atoms with Crippen LogP contribution in [0.25, 0.3) is 10.9 Å². The molecule has 5 nitrogen and oxygen atoms in total. The topological polar surface area (TPSA) is 58.0 Å². The molecule has 0 spiro atoms. The zero-order valence-corrected chi connectivity index (χ0v) is 12.2. The molecule has 3 aromatic rings. The molecule has 2 N–H and O–H groups in total. The maximum atomic E-state index is 5.80. The SMILES string of the molecule is CCCOc1cccc2c1ccn2CCn1cc(N)cn1. The number of aryl methyl sites for hydroxylation is 2. The first-order chi connectivity index (χ1) is 10.3. The zero-order chi connectivity index (χ0) is 14.7. The number of rotatable bonds is 6. The first-order valence-corrected chi connectivity index (χ1v) is 7.26. The Morgan fingerprint density at radius 2 is 2.14 bits per heavy atom. The number of nitrogens with two attached hydrogens (primary N) is 1. The molecular weight excluding hydrogens is 264 g/mol. The summed E-state index contributed by atoms with van der Waals surface area (Å²) in [4.78, 5) is 0. The van der Waals surface area contributed by atoms with Crippen molar-refractivity contribution >= 4 is 16.6 Å². The molecule has 0 radical (unpaired) electrons. The lowest BCUT2D eigenvalue weighted by atomic mass is 10.2. The lowest BCUT2D eigenvalue weighted by Gasteiger charge is -2.08. The van der Waals surface area contributed by atoms with Crippen molar-refractivity contribution in [2.45, 2.75) is 26.4 Å². The van der Waals surface area contributed by atoms with Crippen molar-refractivity contribution in [1.82, 2.24) is 14.3 Å². The van der Waals surface area contributed by atoms with Crippen LogP contribution in [0.5, 0.6) is 5.75 Å². The minimum atomic E-state index is 0.697. The molecule has 5 heteroatoms. The van der Waals surface area contributed by atoms with Crippen molar-refractivity contribution in [2.75, 3.05) is 12.3 Å². The van der Waals surface area contributed by atoms with Gasteiger partial charge in [0.15, 0.2) is 0 Å². The Labute approximate surface area is 123 Å². The number of hydrogen-bond donors (Lipinski definition) is 1. The highest BCUT2D eigenvalue weighted by Gasteiger charge is 2.06. The monoisotopic (exact) mass is 284 g/mol. The van der Waals surface area contributed by atoms with Gasteiger partial charge in [-0.3, -0.25) is 4.68 Å². The van der Waals surface area contributed by atoms with Gasteiger partial charge in [-0.15, -0.1) is 0 Å². The normalized spacial score (nSPS) is 11.1. The second-order valence-electron chi connectivity index (χ2n) is 5.08. The summed E-state index contributed by atoms with van der Waals surface area (Å²) in [5, 5.41) is 5.37. The van der Waals surface area contributed by atoms with E-state index in [4.69, 9.17) is 10.5 Å².